The lowest BCUT2D eigenvalue weighted by molar-refractivity contribution is -0.144. The SMILES string of the molecule is O=C(/C=C/c1cccc2ccccc12)O[C@@H]1CCC[C@H]1n1cccn1. The first-order chi connectivity index (χ1) is 12.3. The third-order valence-corrected chi connectivity index (χ3v) is 4.77. The van der Waals surface area contributed by atoms with Crippen LogP contribution < -0.4 is 0 Å². The number of carbonyl (C=O) groups excluding carboxylic acids is 1. The first-order valence-corrected chi connectivity index (χ1v) is 8.67. The second-order valence-electron chi connectivity index (χ2n) is 6.36. The molecule has 0 radical (unpaired) electrons. The van der Waals surface area contributed by atoms with Gasteiger partial charge < -0.3 is 4.74 Å². The van der Waals surface area contributed by atoms with Gasteiger partial charge in [-0.25, -0.2) is 4.79 Å². The van der Waals surface area contributed by atoms with Crippen molar-refractivity contribution in [1.29, 1.82) is 0 Å². The van der Waals surface area contributed by atoms with Crippen molar-refractivity contribution in [1.82, 2.24) is 9.78 Å². The van der Waals surface area contributed by atoms with Gasteiger partial charge >= 0.3 is 5.97 Å². The molecule has 126 valence electrons. The molecule has 0 amide bonds. The van der Waals surface area contributed by atoms with Gasteiger partial charge in [0, 0.05) is 18.5 Å². The quantitative estimate of drug-likeness (QED) is 0.526. The van der Waals surface area contributed by atoms with Gasteiger partial charge in [0.05, 0.1) is 6.04 Å². The van der Waals surface area contributed by atoms with E-state index in [1.54, 1.807) is 6.20 Å². The molecule has 1 aliphatic rings. The van der Waals surface area contributed by atoms with Crippen molar-refractivity contribution in [2.45, 2.75) is 31.4 Å². The summed E-state index contributed by atoms with van der Waals surface area (Å²) in [5.74, 6) is -0.294. The van der Waals surface area contributed by atoms with Crippen LogP contribution in [0.25, 0.3) is 16.8 Å². The molecule has 0 saturated heterocycles. The Balaban J connectivity index is 1.47. The number of aromatic nitrogens is 2. The Morgan fingerprint density at radius 1 is 1.12 bits per heavy atom. The molecule has 1 fully saturated rings. The molecule has 4 nitrogen and oxygen atoms in total. The summed E-state index contributed by atoms with van der Waals surface area (Å²) >= 11 is 0. The molecule has 0 unspecified atom stereocenters. The van der Waals surface area contributed by atoms with Crippen molar-refractivity contribution in [3.8, 4) is 0 Å². The average molecular weight is 332 g/mol. The summed E-state index contributed by atoms with van der Waals surface area (Å²) in [6.07, 6.45) is 9.88. The molecule has 1 saturated carbocycles. The largest absolute Gasteiger partial charge is 0.457 e. The number of carbonyl (C=O) groups is 1. The molecule has 4 rings (SSSR count). The zero-order chi connectivity index (χ0) is 17.1. The van der Waals surface area contributed by atoms with Gasteiger partial charge in [0.25, 0.3) is 0 Å². The maximum Gasteiger partial charge on any atom is 0.331 e. The van der Waals surface area contributed by atoms with E-state index in [9.17, 15) is 4.79 Å². The van der Waals surface area contributed by atoms with Crippen molar-refractivity contribution in [2.24, 2.45) is 0 Å². The van der Waals surface area contributed by atoms with Crippen LogP contribution in [0.2, 0.25) is 0 Å². The van der Waals surface area contributed by atoms with E-state index in [-0.39, 0.29) is 18.1 Å². The highest BCUT2D eigenvalue weighted by Gasteiger charge is 2.31. The zero-order valence-corrected chi connectivity index (χ0v) is 13.9. The summed E-state index contributed by atoms with van der Waals surface area (Å²) < 4.78 is 7.60. The van der Waals surface area contributed by atoms with Gasteiger partial charge in [-0.15, -0.1) is 0 Å². The first-order valence-electron chi connectivity index (χ1n) is 8.67. The predicted octanol–water partition coefficient (Wildman–Crippen LogP) is 4.39. The highest BCUT2D eigenvalue weighted by atomic mass is 16.5. The molecule has 0 bridgehead atoms. The molecule has 25 heavy (non-hydrogen) atoms. The molecule has 2 aromatic carbocycles. The summed E-state index contributed by atoms with van der Waals surface area (Å²) in [5, 5.41) is 6.58. The van der Waals surface area contributed by atoms with E-state index in [0.29, 0.717) is 0 Å². The predicted molar refractivity (Wildman–Crippen MR) is 98.0 cm³/mol. The summed E-state index contributed by atoms with van der Waals surface area (Å²) in [4.78, 5) is 12.3. The van der Waals surface area contributed by atoms with E-state index in [2.05, 4.69) is 23.3 Å². The number of ether oxygens (including phenoxy) is 1. The van der Waals surface area contributed by atoms with Crippen LogP contribution in [0.1, 0.15) is 30.9 Å². The topological polar surface area (TPSA) is 44.1 Å². The van der Waals surface area contributed by atoms with Crippen molar-refractivity contribution in [2.75, 3.05) is 0 Å². The van der Waals surface area contributed by atoms with E-state index in [1.165, 1.54) is 6.08 Å². The number of esters is 1. The number of fused-ring (bicyclic) bond motifs is 1. The lowest BCUT2D eigenvalue weighted by atomic mass is 10.0. The Labute approximate surface area is 146 Å². The standard InChI is InChI=1S/C21H20N2O2/c24-21(25-20-11-4-10-19(20)23-15-5-14-22-23)13-12-17-8-3-7-16-6-1-2-9-18(16)17/h1-3,5-9,12-15,19-20H,4,10-11H2/b13-12+/t19-,20-/m1/s1. The van der Waals surface area contributed by atoms with E-state index in [1.807, 2.05) is 47.3 Å². The Kier molecular flexibility index (Phi) is 4.34. The third kappa shape index (κ3) is 3.33. The van der Waals surface area contributed by atoms with Gasteiger partial charge in [-0.1, -0.05) is 42.5 Å². The van der Waals surface area contributed by atoms with Crippen molar-refractivity contribution < 1.29 is 9.53 Å². The maximum absolute atomic E-state index is 12.3. The van der Waals surface area contributed by atoms with Gasteiger partial charge in [-0.3, -0.25) is 4.68 Å². The zero-order valence-electron chi connectivity index (χ0n) is 13.9. The van der Waals surface area contributed by atoms with Crippen LogP contribution in [0, 0.1) is 0 Å². The van der Waals surface area contributed by atoms with E-state index in [0.717, 1.165) is 35.6 Å². The summed E-state index contributed by atoms with van der Waals surface area (Å²) in [5.41, 5.74) is 1.02. The van der Waals surface area contributed by atoms with E-state index >= 15 is 0 Å². The number of hydrogen-bond donors (Lipinski definition) is 0. The lowest BCUT2D eigenvalue weighted by Crippen LogP contribution is -2.24. The van der Waals surface area contributed by atoms with Gasteiger partial charge in [0.15, 0.2) is 0 Å². The van der Waals surface area contributed by atoms with Gasteiger partial charge in [-0.2, -0.15) is 5.10 Å². The minimum atomic E-state index is -0.294. The fourth-order valence-corrected chi connectivity index (χ4v) is 3.57. The maximum atomic E-state index is 12.3. The third-order valence-electron chi connectivity index (χ3n) is 4.77. The van der Waals surface area contributed by atoms with Crippen LogP contribution in [-0.2, 0) is 9.53 Å². The highest BCUT2D eigenvalue weighted by molar-refractivity contribution is 5.94. The van der Waals surface area contributed by atoms with Crippen molar-refractivity contribution in [3.05, 3.63) is 72.6 Å². The van der Waals surface area contributed by atoms with Crippen molar-refractivity contribution in [3.63, 3.8) is 0 Å². The number of benzene rings is 2. The first kappa shape index (κ1) is 15.6. The van der Waals surface area contributed by atoms with Crippen LogP contribution in [0.5, 0.6) is 0 Å². The number of rotatable bonds is 4. The molecular formula is C21H20N2O2. The molecule has 0 aliphatic heterocycles. The van der Waals surface area contributed by atoms with Gasteiger partial charge in [0.2, 0.25) is 0 Å². The van der Waals surface area contributed by atoms with E-state index < -0.39 is 0 Å². The summed E-state index contributed by atoms with van der Waals surface area (Å²) in [6.45, 7) is 0. The molecule has 0 spiro atoms. The molecule has 0 N–H and O–H groups in total. The monoisotopic (exact) mass is 332 g/mol. The molecule has 1 aliphatic carbocycles. The number of nitrogens with zero attached hydrogens (tertiary/aromatic N) is 2. The Morgan fingerprint density at radius 3 is 2.88 bits per heavy atom. The normalized spacial score (nSPS) is 20.3. The number of hydrogen-bond acceptors (Lipinski definition) is 3. The summed E-state index contributed by atoms with van der Waals surface area (Å²) in [7, 11) is 0. The van der Waals surface area contributed by atoms with Crippen LogP contribution in [0.4, 0.5) is 0 Å². The molecule has 2 atom stereocenters. The van der Waals surface area contributed by atoms with E-state index in [4.69, 9.17) is 4.74 Å². The molecule has 1 heterocycles. The summed E-state index contributed by atoms with van der Waals surface area (Å²) in [6, 6.07) is 16.3. The fraction of sp³-hybridized carbons (Fsp3) is 0.238. The average Bonchev–Trinajstić information content (AvgIpc) is 3.31. The second-order valence-corrected chi connectivity index (χ2v) is 6.36. The van der Waals surface area contributed by atoms with Gasteiger partial charge in [0.1, 0.15) is 6.10 Å². The molecular weight excluding hydrogens is 312 g/mol. The van der Waals surface area contributed by atoms with Crippen LogP contribution in [0.3, 0.4) is 0 Å². The van der Waals surface area contributed by atoms with Crippen LogP contribution >= 0.6 is 0 Å². The Hall–Kier alpha value is -2.88. The van der Waals surface area contributed by atoms with Crippen LogP contribution in [-0.4, -0.2) is 21.9 Å². The molecule has 3 aromatic rings. The molecule has 4 heteroatoms. The van der Waals surface area contributed by atoms with Gasteiger partial charge in [-0.05, 0) is 47.7 Å². The fourth-order valence-electron chi connectivity index (χ4n) is 3.57. The molecule has 1 aromatic heterocycles. The lowest BCUT2D eigenvalue weighted by Gasteiger charge is -2.19. The Bertz CT molecular complexity index is 894. The Morgan fingerprint density at radius 2 is 2.00 bits per heavy atom. The highest BCUT2D eigenvalue weighted by Crippen LogP contribution is 2.32. The van der Waals surface area contributed by atoms with Crippen molar-refractivity contribution >= 4 is 22.8 Å². The minimum absolute atomic E-state index is 0.107. The minimum Gasteiger partial charge on any atom is -0.457 e. The smallest absolute Gasteiger partial charge is 0.331 e. The second kappa shape index (κ2) is 6.93. The van der Waals surface area contributed by atoms with Crippen LogP contribution in [0.15, 0.2) is 67.0 Å².